The lowest BCUT2D eigenvalue weighted by molar-refractivity contribution is -0.873. The van der Waals surface area contributed by atoms with Gasteiger partial charge in [-0.1, -0.05) is 77.0 Å². The number of carbonyl (C=O) groups excluding carboxylic acids is 2. The van der Waals surface area contributed by atoms with Crippen molar-refractivity contribution in [3.8, 4) is 0 Å². The van der Waals surface area contributed by atoms with Crippen molar-refractivity contribution < 1.29 is 43.3 Å². The number of quaternary nitrogens is 1. The van der Waals surface area contributed by atoms with Crippen molar-refractivity contribution in [2.75, 3.05) is 34.3 Å². The number of nitrogens with zero attached hydrogens (tertiary/aromatic N) is 1. The fourth-order valence-electron chi connectivity index (χ4n) is 4.45. The second kappa shape index (κ2) is 23.7. The molecular weight excluding hydrogens is 502 g/mol. The number of rotatable bonds is 27. The van der Waals surface area contributed by atoms with E-state index in [0.29, 0.717) is 23.9 Å². The highest BCUT2D eigenvalue weighted by Gasteiger charge is 2.23. The van der Waals surface area contributed by atoms with Gasteiger partial charge in [0.25, 0.3) is 0 Å². The van der Waals surface area contributed by atoms with Gasteiger partial charge in [0.1, 0.15) is 13.2 Å². The number of hydrogen-bond donors (Lipinski definition) is 2. The molecule has 0 amide bonds. The van der Waals surface area contributed by atoms with E-state index in [2.05, 4.69) is 0 Å². The molecule has 0 fully saturated rings. The van der Waals surface area contributed by atoms with Crippen LogP contribution in [0.25, 0.3) is 0 Å². The Morgan fingerprint density at radius 1 is 0.538 bits per heavy atom. The number of aliphatic carboxylic acids is 2. The van der Waals surface area contributed by atoms with Crippen LogP contribution < -0.4 is 0 Å². The fraction of sp³-hybridized carbons (Fsp3) is 0.867. The third-order valence-corrected chi connectivity index (χ3v) is 6.52. The normalized spacial score (nSPS) is 12.2. The number of hydrogen-bond acceptors (Lipinski definition) is 6. The summed E-state index contributed by atoms with van der Waals surface area (Å²) in [5, 5.41) is 17.3. The van der Waals surface area contributed by atoms with Crippen LogP contribution in [0.15, 0.2) is 0 Å². The van der Waals surface area contributed by atoms with Gasteiger partial charge in [-0.3, -0.25) is 19.2 Å². The number of likely N-dealkylation sites (N-methyl/N-ethyl adjacent to an activating group) is 1. The van der Waals surface area contributed by atoms with E-state index in [1.807, 2.05) is 21.1 Å². The van der Waals surface area contributed by atoms with Gasteiger partial charge in [-0.25, -0.2) is 0 Å². The zero-order valence-corrected chi connectivity index (χ0v) is 24.9. The molecule has 0 aliphatic rings. The third kappa shape index (κ3) is 28.7. The first kappa shape index (κ1) is 36.8. The second-order valence-electron chi connectivity index (χ2n) is 11.7. The minimum absolute atomic E-state index is 0.0817. The molecule has 9 heteroatoms. The molecule has 0 aliphatic heterocycles. The highest BCUT2D eigenvalue weighted by atomic mass is 16.6. The van der Waals surface area contributed by atoms with E-state index in [0.717, 1.165) is 103 Å². The molecule has 0 aromatic heterocycles. The van der Waals surface area contributed by atoms with Crippen LogP contribution in [-0.2, 0) is 28.7 Å². The Balaban J connectivity index is 3.97. The Kier molecular flexibility index (Phi) is 22.4. The number of carboxylic acids is 2. The van der Waals surface area contributed by atoms with Crippen LogP contribution in [0.3, 0.4) is 0 Å². The summed E-state index contributed by atoms with van der Waals surface area (Å²) < 4.78 is 11.7. The summed E-state index contributed by atoms with van der Waals surface area (Å²) in [5.74, 6) is -1.97. The maximum atomic E-state index is 12.4. The van der Waals surface area contributed by atoms with Gasteiger partial charge < -0.3 is 24.2 Å². The maximum absolute atomic E-state index is 12.4. The first-order chi connectivity index (χ1) is 18.5. The molecule has 0 saturated heterocycles. The van der Waals surface area contributed by atoms with Crippen molar-refractivity contribution in [2.24, 2.45) is 0 Å². The topological polar surface area (TPSA) is 127 Å². The first-order valence-corrected chi connectivity index (χ1v) is 15.1. The van der Waals surface area contributed by atoms with E-state index in [4.69, 9.17) is 19.7 Å². The molecule has 0 heterocycles. The zero-order chi connectivity index (χ0) is 29.4. The standard InChI is InChI=1S/C30H55NO8/c1-31(2,3)24-26(39-30(37)23-19-15-11-7-5-9-13-17-21-28(34)35)25-38-29(36)22-18-14-10-6-4-8-12-16-20-27(32)33/h26H,4-25H2,1-3H3,(H-,32,33,34,35)/p+1. The molecular formula is C30H56NO8+. The predicted molar refractivity (Wildman–Crippen MR) is 151 cm³/mol. The average Bonchev–Trinajstić information content (AvgIpc) is 2.83. The van der Waals surface area contributed by atoms with Gasteiger partial charge in [0.05, 0.1) is 21.1 Å². The molecule has 0 aromatic carbocycles. The highest BCUT2D eigenvalue weighted by molar-refractivity contribution is 5.70. The van der Waals surface area contributed by atoms with E-state index in [9.17, 15) is 19.2 Å². The van der Waals surface area contributed by atoms with Gasteiger partial charge >= 0.3 is 23.9 Å². The van der Waals surface area contributed by atoms with E-state index >= 15 is 0 Å². The first-order valence-electron chi connectivity index (χ1n) is 15.1. The monoisotopic (exact) mass is 558 g/mol. The van der Waals surface area contributed by atoms with Crippen LogP contribution in [0.5, 0.6) is 0 Å². The quantitative estimate of drug-likeness (QED) is 0.0701. The molecule has 9 nitrogen and oxygen atoms in total. The summed E-state index contributed by atoms with van der Waals surface area (Å²) in [6.45, 7) is 0.645. The number of unbranched alkanes of at least 4 members (excludes halogenated alkanes) is 14. The molecule has 39 heavy (non-hydrogen) atoms. The van der Waals surface area contributed by atoms with E-state index in [1.54, 1.807) is 0 Å². The molecule has 0 aromatic rings. The SMILES string of the molecule is C[N+](C)(C)CC(COC(=O)CCCCCCCCCCC(=O)O)OC(=O)CCCCCCCCCCC(=O)O. The van der Waals surface area contributed by atoms with Crippen LogP contribution in [0.1, 0.15) is 128 Å². The molecule has 0 saturated carbocycles. The Bertz CT molecular complexity index is 674. The Morgan fingerprint density at radius 3 is 1.23 bits per heavy atom. The number of ether oxygens (including phenoxy) is 2. The molecule has 1 atom stereocenters. The minimum atomic E-state index is -0.731. The third-order valence-electron chi connectivity index (χ3n) is 6.52. The average molecular weight is 559 g/mol. The van der Waals surface area contributed by atoms with Crippen molar-refractivity contribution in [3.63, 3.8) is 0 Å². The van der Waals surface area contributed by atoms with Gasteiger partial charge in [-0.15, -0.1) is 0 Å². The molecule has 0 bridgehead atoms. The zero-order valence-electron chi connectivity index (χ0n) is 24.9. The molecule has 2 N–H and O–H groups in total. The summed E-state index contributed by atoms with van der Waals surface area (Å²) in [7, 11) is 6.03. The van der Waals surface area contributed by atoms with Crippen LogP contribution in [0, 0.1) is 0 Å². The molecule has 1 unspecified atom stereocenters. The van der Waals surface area contributed by atoms with Gasteiger partial charge in [-0.2, -0.15) is 0 Å². The Hall–Kier alpha value is -2.16. The summed E-state index contributed by atoms with van der Waals surface area (Å²) >= 11 is 0. The lowest BCUT2D eigenvalue weighted by Gasteiger charge is -2.28. The van der Waals surface area contributed by atoms with Gasteiger partial charge in [0, 0.05) is 25.7 Å². The summed E-state index contributed by atoms with van der Waals surface area (Å²) in [6.07, 6.45) is 16.2. The largest absolute Gasteiger partial charge is 0.481 e. The highest BCUT2D eigenvalue weighted by Crippen LogP contribution is 2.13. The molecule has 0 radical (unpaired) electrons. The Morgan fingerprint density at radius 2 is 0.872 bits per heavy atom. The van der Waals surface area contributed by atoms with Crippen molar-refractivity contribution >= 4 is 23.9 Å². The predicted octanol–water partition coefficient (Wildman–Crippen LogP) is 6.12. The van der Waals surface area contributed by atoms with Crippen molar-refractivity contribution in [3.05, 3.63) is 0 Å². The number of carboxylic acid groups (broad SMARTS) is 2. The van der Waals surface area contributed by atoms with Crippen molar-refractivity contribution in [1.29, 1.82) is 0 Å². The van der Waals surface area contributed by atoms with Crippen LogP contribution in [-0.4, -0.2) is 79.0 Å². The van der Waals surface area contributed by atoms with E-state index in [-0.39, 0.29) is 31.4 Å². The number of carbonyl (C=O) groups is 4. The van der Waals surface area contributed by atoms with E-state index in [1.165, 1.54) is 0 Å². The fourth-order valence-corrected chi connectivity index (χ4v) is 4.45. The van der Waals surface area contributed by atoms with Crippen LogP contribution >= 0.6 is 0 Å². The van der Waals surface area contributed by atoms with Crippen molar-refractivity contribution in [1.82, 2.24) is 0 Å². The molecule has 228 valence electrons. The summed E-state index contributed by atoms with van der Waals surface area (Å²) in [6, 6.07) is 0. The van der Waals surface area contributed by atoms with Gasteiger partial charge in [0.2, 0.25) is 0 Å². The maximum Gasteiger partial charge on any atom is 0.306 e. The molecule has 0 spiro atoms. The minimum Gasteiger partial charge on any atom is -0.481 e. The van der Waals surface area contributed by atoms with E-state index < -0.39 is 18.0 Å². The molecule has 0 rings (SSSR count). The number of esters is 2. The molecule has 0 aliphatic carbocycles. The van der Waals surface area contributed by atoms with Gasteiger partial charge in [-0.05, 0) is 25.7 Å². The lowest BCUT2D eigenvalue weighted by atomic mass is 10.1. The summed E-state index contributed by atoms with van der Waals surface area (Å²) in [5.41, 5.74) is 0. The van der Waals surface area contributed by atoms with Crippen molar-refractivity contribution in [2.45, 2.75) is 135 Å². The lowest BCUT2D eigenvalue weighted by Crippen LogP contribution is -2.45. The van der Waals surface area contributed by atoms with Gasteiger partial charge in [0.15, 0.2) is 6.10 Å². The Labute approximate surface area is 236 Å². The summed E-state index contributed by atoms with van der Waals surface area (Å²) in [4.78, 5) is 45.6. The second-order valence-corrected chi connectivity index (χ2v) is 11.7. The van der Waals surface area contributed by atoms with Crippen LogP contribution in [0.4, 0.5) is 0 Å². The van der Waals surface area contributed by atoms with Crippen LogP contribution in [0.2, 0.25) is 0 Å². The smallest absolute Gasteiger partial charge is 0.306 e.